The summed E-state index contributed by atoms with van der Waals surface area (Å²) in [6.45, 7) is 2.44. The number of carbonyl (C=O) groups is 1. The minimum absolute atomic E-state index is 0.0185. The van der Waals surface area contributed by atoms with E-state index < -0.39 is 12.0 Å². The fourth-order valence-corrected chi connectivity index (χ4v) is 0.389. The minimum atomic E-state index is -1.07. The van der Waals surface area contributed by atoms with Crippen molar-refractivity contribution < 1.29 is 19.4 Å². The van der Waals surface area contributed by atoms with Crippen molar-refractivity contribution in [3.05, 3.63) is 0 Å². The lowest BCUT2D eigenvalue weighted by atomic mass is 10.3. The standard InChI is InChI=1S/C6H13NO4/c1-2-10-4-11-3-5(7)6(8)9/h5H,2-4,7H2,1H3,(H,8,9). The molecule has 1 unspecified atom stereocenters. The molecule has 0 aliphatic heterocycles. The average molecular weight is 163 g/mol. The maximum Gasteiger partial charge on any atom is 0.322 e. The number of carboxylic acids is 1. The maximum atomic E-state index is 10.1. The molecule has 5 nitrogen and oxygen atoms in total. The molecule has 0 spiro atoms. The van der Waals surface area contributed by atoms with Crippen LogP contribution < -0.4 is 5.73 Å². The zero-order valence-electron chi connectivity index (χ0n) is 6.45. The second-order valence-electron chi connectivity index (χ2n) is 1.93. The number of hydrogen-bond acceptors (Lipinski definition) is 4. The predicted octanol–water partition coefficient (Wildman–Crippen LogP) is -0.591. The van der Waals surface area contributed by atoms with Crippen molar-refractivity contribution in [3.63, 3.8) is 0 Å². The second kappa shape index (κ2) is 6.09. The summed E-state index contributed by atoms with van der Waals surface area (Å²) < 4.78 is 9.56. The summed E-state index contributed by atoms with van der Waals surface area (Å²) in [6.07, 6.45) is 0. The zero-order valence-corrected chi connectivity index (χ0v) is 6.45. The van der Waals surface area contributed by atoms with E-state index in [1.54, 1.807) is 0 Å². The van der Waals surface area contributed by atoms with Crippen LogP contribution >= 0.6 is 0 Å². The summed E-state index contributed by atoms with van der Waals surface area (Å²) in [4.78, 5) is 10.1. The summed E-state index contributed by atoms with van der Waals surface area (Å²) in [5.74, 6) is -1.07. The van der Waals surface area contributed by atoms with E-state index in [0.29, 0.717) is 6.61 Å². The molecule has 0 fully saturated rings. The van der Waals surface area contributed by atoms with Crippen molar-refractivity contribution in [3.8, 4) is 0 Å². The molecule has 0 bridgehead atoms. The third-order valence-electron chi connectivity index (χ3n) is 0.985. The largest absolute Gasteiger partial charge is 0.480 e. The van der Waals surface area contributed by atoms with Gasteiger partial charge in [-0.1, -0.05) is 0 Å². The van der Waals surface area contributed by atoms with E-state index >= 15 is 0 Å². The molecule has 0 aromatic rings. The molecule has 0 heterocycles. The first-order valence-electron chi connectivity index (χ1n) is 3.32. The Bertz CT molecular complexity index is 117. The highest BCUT2D eigenvalue weighted by Crippen LogP contribution is 1.83. The average Bonchev–Trinajstić information content (AvgIpc) is 1.97. The fraction of sp³-hybridized carbons (Fsp3) is 0.833. The van der Waals surface area contributed by atoms with Crippen molar-refractivity contribution in [2.45, 2.75) is 13.0 Å². The van der Waals surface area contributed by atoms with Gasteiger partial charge in [0, 0.05) is 6.61 Å². The summed E-state index contributed by atoms with van der Waals surface area (Å²) in [5, 5.41) is 8.29. The van der Waals surface area contributed by atoms with Gasteiger partial charge in [0.25, 0.3) is 0 Å². The highest BCUT2D eigenvalue weighted by Gasteiger charge is 2.10. The number of ether oxygens (including phenoxy) is 2. The van der Waals surface area contributed by atoms with Crippen LogP contribution in [0.25, 0.3) is 0 Å². The van der Waals surface area contributed by atoms with E-state index in [4.69, 9.17) is 20.3 Å². The van der Waals surface area contributed by atoms with Gasteiger partial charge in [-0.15, -0.1) is 0 Å². The molecule has 0 radical (unpaired) electrons. The monoisotopic (exact) mass is 163 g/mol. The van der Waals surface area contributed by atoms with Gasteiger partial charge >= 0.3 is 5.97 Å². The highest BCUT2D eigenvalue weighted by atomic mass is 16.7. The summed E-state index contributed by atoms with van der Waals surface area (Å²) >= 11 is 0. The molecule has 3 N–H and O–H groups in total. The highest BCUT2D eigenvalue weighted by molar-refractivity contribution is 5.73. The normalized spacial score (nSPS) is 12.9. The van der Waals surface area contributed by atoms with Gasteiger partial charge in [0.05, 0.1) is 6.61 Å². The Balaban J connectivity index is 3.17. The number of carboxylic acid groups (broad SMARTS) is 1. The molecule has 0 aliphatic carbocycles. The summed E-state index contributed by atoms with van der Waals surface area (Å²) in [6, 6.07) is -0.963. The number of nitrogens with two attached hydrogens (primary N) is 1. The van der Waals surface area contributed by atoms with Gasteiger partial charge in [0.15, 0.2) is 0 Å². The van der Waals surface area contributed by atoms with Gasteiger partial charge < -0.3 is 20.3 Å². The number of rotatable bonds is 6. The SMILES string of the molecule is CCOCOCC(N)C(=O)O. The van der Waals surface area contributed by atoms with Gasteiger partial charge in [0.1, 0.15) is 12.8 Å². The van der Waals surface area contributed by atoms with Crippen LogP contribution in [0.4, 0.5) is 0 Å². The van der Waals surface area contributed by atoms with E-state index in [1.165, 1.54) is 0 Å². The molecule has 0 saturated carbocycles. The third-order valence-corrected chi connectivity index (χ3v) is 0.985. The Morgan fingerprint density at radius 1 is 1.64 bits per heavy atom. The second-order valence-corrected chi connectivity index (χ2v) is 1.93. The Hall–Kier alpha value is -0.650. The lowest BCUT2D eigenvalue weighted by Gasteiger charge is -2.06. The van der Waals surface area contributed by atoms with E-state index in [9.17, 15) is 4.79 Å². The molecule has 0 rings (SSSR count). The minimum Gasteiger partial charge on any atom is -0.480 e. The van der Waals surface area contributed by atoms with E-state index in [1.807, 2.05) is 6.92 Å². The lowest BCUT2D eigenvalue weighted by Crippen LogP contribution is -2.35. The van der Waals surface area contributed by atoms with Gasteiger partial charge in [-0.2, -0.15) is 0 Å². The first-order chi connectivity index (χ1) is 5.18. The van der Waals surface area contributed by atoms with E-state index in [0.717, 1.165) is 0 Å². The smallest absolute Gasteiger partial charge is 0.322 e. The van der Waals surface area contributed by atoms with Crippen molar-refractivity contribution in [1.29, 1.82) is 0 Å². The van der Waals surface area contributed by atoms with Crippen LogP contribution in [0.15, 0.2) is 0 Å². The molecule has 0 amide bonds. The first kappa shape index (κ1) is 10.3. The van der Waals surface area contributed by atoms with Crippen LogP contribution in [0.1, 0.15) is 6.92 Å². The van der Waals surface area contributed by atoms with Crippen LogP contribution in [0.5, 0.6) is 0 Å². The van der Waals surface area contributed by atoms with E-state index in [2.05, 4.69) is 0 Å². The third kappa shape index (κ3) is 5.78. The van der Waals surface area contributed by atoms with Gasteiger partial charge in [-0.25, -0.2) is 0 Å². The van der Waals surface area contributed by atoms with Crippen LogP contribution in [0.3, 0.4) is 0 Å². The van der Waals surface area contributed by atoms with Crippen molar-refractivity contribution in [2.75, 3.05) is 20.0 Å². The summed E-state index contributed by atoms with van der Waals surface area (Å²) in [5.41, 5.74) is 5.12. The van der Waals surface area contributed by atoms with Crippen LogP contribution in [0.2, 0.25) is 0 Å². The molecule has 0 aromatic carbocycles. The molecule has 0 aromatic heterocycles. The Morgan fingerprint density at radius 3 is 2.73 bits per heavy atom. The zero-order chi connectivity index (χ0) is 8.69. The van der Waals surface area contributed by atoms with Gasteiger partial charge in [-0.3, -0.25) is 4.79 Å². The van der Waals surface area contributed by atoms with Crippen molar-refractivity contribution >= 4 is 5.97 Å². The molecule has 66 valence electrons. The molecule has 1 atom stereocenters. The number of aliphatic carboxylic acids is 1. The fourth-order valence-electron chi connectivity index (χ4n) is 0.389. The van der Waals surface area contributed by atoms with Crippen molar-refractivity contribution in [1.82, 2.24) is 0 Å². The van der Waals surface area contributed by atoms with Gasteiger partial charge in [0.2, 0.25) is 0 Å². The molecule has 5 heteroatoms. The molecule has 11 heavy (non-hydrogen) atoms. The van der Waals surface area contributed by atoms with E-state index in [-0.39, 0.29) is 13.4 Å². The molecule has 0 aliphatic rings. The topological polar surface area (TPSA) is 81.8 Å². The number of hydrogen-bond donors (Lipinski definition) is 2. The molecular weight excluding hydrogens is 150 g/mol. The molecular formula is C6H13NO4. The Morgan fingerprint density at radius 2 is 2.27 bits per heavy atom. The van der Waals surface area contributed by atoms with Crippen LogP contribution in [0, 0.1) is 0 Å². The Kier molecular flexibility index (Phi) is 5.73. The van der Waals surface area contributed by atoms with Crippen LogP contribution in [-0.2, 0) is 14.3 Å². The quantitative estimate of drug-likeness (QED) is 0.404. The summed E-state index contributed by atoms with van der Waals surface area (Å²) in [7, 11) is 0. The lowest BCUT2D eigenvalue weighted by molar-refractivity contribution is -0.141. The Labute approximate surface area is 65.1 Å². The molecule has 0 saturated heterocycles. The van der Waals surface area contributed by atoms with Crippen LogP contribution in [-0.4, -0.2) is 37.1 Å². The van der Waals surface area contributed by atoms with Crippen molar-refractivity contribution in [2.24, 2.45) is 5.73 Å². The first-order valence-corrected chi connectivity index (χ1v) is 3.32. The van der Waals surface area contributed by atoms with Gasteiger partial charge in [-0.05, 0) is 6.92 Å². The predicted molar refractivity (Wildman–Crippen MR) is 38.1 cm³/mol. The maximum absolute atomic E-state index is 10.1.